The first-order valence-corrected chi connectivity index (χ1v) is 16.1. The van der Waals surface area contributed by atoms with E-state index in [0.717, 1.165) is 52.1 Å². The summed E-state index contributed by atoms with van der Waals surface area (Å²) in [6.07, 6.45) is 3.39. The summed E-state index contributed by atoms with van der Waals surface area (Å²) in [5.41, 5.74) is 0.149. The van der Waals surface area contributed by atoms with Crippen molar-refractivity contribution < 1.29 is 43.1 Å². The maximum Gasteiger partial charge on any atom is 0.338 e. The number of methoxy groups -OCH3 is 3. The molecule has 3 rings (SSSR count). The largest absolute Gasteiger partial charge is 0.494 e. The van der Waals surface area contributed by atoms with Gasteiger partial charge in [-0.25, -0.2) is 9.59 Å². The van der Waals surface area contributed by atoms with Gasteiger partial charge in [0.2, 0.25) is 5.75 Å². The predicted molar refractivity (Wildman–Crippen MR) is 175 cm³/mol. The van der Waals surface area contributed by atoms with E-state index in [2.05, 4.69) is 9.80 Å². The summed E-state index contributed by atoms with van der Waals surface area (Å²) in [5.74, 6) is 0.859. The highest BCUT2D eigenvalue weighted by Gasteiger charge is 2.23. The van der Waals surface area contributed by atoms with Gasteiger partial charge in [0.05, 0.1) is 39.1 Å². The average Bonchev–Trinajstić information content (AvgIpc) is 3.27. The van der Waals surface area contributed by atoms with Gasteiger partial charge in [-0.3, -0.25) is 0 Å². The summed E-state index contributed by atoms with van der Waals surface area (Å²) in [6.45, 7) is 11.6. The SMILES string of the molecule is COc1cc(C(=O)OC(CCCOc2cccc(C(=O)OC(C)(C)C)c2)CCN2CCCN(CCCO)CC2)cc(OC)c1OC. The van der Waals surface area contributed by atoms with Crippen LogP contribution < -0.4 is 18.9 Å². The lowest BCUT2D eigenvalue weighted by Gasteiger charge is -2.25. The molecule has 0 amide bonds. The maximum atomic E-state index is 13.4. The van der Waals surface area contributed by atoms with Gasteiger partial charge in [0.1, 0.15) is 17.5 Å². The quantitative estimate of drug-likeness (QED) is 0.189. The Morgan fingerprint density at radius 1 is 0.826 bits per heavy atom. The zero-order valence-electron chi connectivity index (χ0n) is 28.3. The average molecular weight is 645 g/mol. The van der Waals surface area contributed by atoms with Crippen molar-refractivity contribution in [1.82, 2.24) is 9.80 Å². The van der Waals surface area contributed by atoms with E-state index in [1.807, 2.05) is 20.8 Å². The minimum atomic E-state index is -0.588. The van der Waals surface area contributed by atoms with E-state index < -0.39 is 17.5 Å². The van der Waals surface area contributed by atoms with Crippen LogP contribution in [0.1, 0.15) is 73.6 Å². The summed E-state index contributed by atoms with van der Waals surface area (Å²) < 4.78 is 33.8. The Kier molecular flexibility index (Phi) is 14.9. The summed E-state index contributed by atoms with van der Waals surface area (Å²) in [6, 6.07) is 10.1. The molecular formula is C35H52N2O9. The fourth-order valence-corrected chi connectivity index (χ4v) is 5.32. The van der Waals surface area contributed by atoms with Crippen LogP contribution >= 0.6 is 0 Å². The molecule has 1 heterocycles. The molecule has 1 aliphatic rings. The molecule has 256 valence electrons. The van der Waals surface area contributed by atoms with E-state index >= 15 is 0 Å². The van der Waals surface area contributed by atoms with Crippen LogP contribution in [0.3, 0.4) is 0 Å². The Morgan fingerprint density at radius 3 is 2.11 bits per heavy atom. The molecule has 1 aliphatic heterocycles. The van der Waals surface area contributed by atoms with Crippen molar-refractivity contribution in [3.05, 3.63) is 47.5 Å². The molecule has 1 unspecified atom stereocenters. The van der Waals surface area contributed by atoms with Gasteiger partial charge >= 0.3 is 11.9 Å². The number of carbonyl (C=O) groups excluding carboxylic acids is 2. The number of nitrogens with zero attached hydrogens (tertiary/aromatic N) is 2. The zero-order chi connectivity index (χ0) is 33.5. The summed E-state index contributed by atoms with van der Waals surface area (Å²) in [5, 5.41) is 9.20. The van der Waals surface area contributed by atoms with E-state index in [4.69, 9.17) is 28.4 Å². The van der Waals surface area contributed by atoms with Crippen LogP contribution in [0.25, 0.3) is 0 Å². The van der Waals surface area contributed by atoms with Crippen LogP contribution in [0.15, 0.2) is 36.4 Å². The van der Waals surface area contributed by atoms with Gasteiger partial charge in [0.25, 0.3) is 0 Å². The molecule has 1 saturated heterocycles. The topological polar surface area (TPSA) is 116 Å². The minimum Gasteiger partial charge on any atom is -0.494 e. The van der Waals surface area contributed by atoms with E-state index in [-0.39, 0.29) is 12.7 Å². The van der Waals surface area contributed by atoms with Crippen LogP contribution in [0, 0.1) is 0 Å². The third-order valence-electron chi connectivity index (χ3n) is 7.66. The van der Waals surface area contributed by atoms with Gasteiger partial charge in [0, 0.05) is 32.8 Å². The molecule has 0 radical (unpaired) electrons. The highest BCUT2D eigenvalue weighted by atomic mass is 16.6. The molecule has 2 aromatic carbocycles. The Morgan fingerprint density at radius 2 is 1.50 bits per heavy atom. The second kappa shape index (κ2) is 18.6. The van der Waals surface area contributed by atoms with Crippen molar-refractivity contribution in [3.63, 3.8) is 0 Å². The van der Waals surface area contributed by atoms with Crippen molar-refractivity contribution in [2.24, 2.45) is 0 Å². The first kappa shape index (κ1) is 36.9. The maximum absolute atomic E-state index is 13.4. The van der Waals surface area contributed by atoms with Crippen molar-refractivity contribution in [2.75, 3.05) is 73.8 Å². The predicted octanol–water partition coefficient (Wildman–Crippen LogP) is 4.83. The molecule has 46 heavy (non-hydrogen) atoms. The molecule has 1 N–H and O–H groups in total. The molecule has 0 bridgehead atoms. The van der Waals surface area contributed by atoms with Crippen LogP contribution in [0.5, 0.6) is 23.0 Å². The van der Waals surface area contributed by atoms with Crippen LogP contribution in [0.2, 0.25) is 0 Å². The monoisotopic (exact) mass is 644 g/mol. The molecule has 0 spiro atoms. The zero-order valence-corrected chi connectivity index (χ0v) is 28.3. The van der Waals surface area contributed by atoms with Crippen LogP contribution in [-0.4, -0.2) is 112 Å². The number of aliphatic hydroxyl groups excluding tert-OH is 1. The molecule has 0 aliphatic carbocycles. The number of ether oxygens (including phenoxy) is 6. The Hall–Kier alpha value is -3.54. The van der Waals surface area contributed by atoms with Gasteiger partial charge in [-0.2, -0.15) is 0 Å². The Bertz CT molecular complexity index is 1220. The van der Waals surface area contributed by atoms with Gasteiger partial charge in [0.15, 0.2) is 11.5 Å². The molecule has 1 fully saturated rings. The normalized spacial score (nSPS) is 15.0. The third kappa shape index (κ3) is 12.0. The highest BCUT2D eigenvalue weighted by molar-refractivity contribution is 5.91. The number of hydrogen-bond acceptors (Lipinski definition) is 11. The smallest absolute Gasteiger partial charge is 0.338 e. The first-order valence-electron chi connectivity index (χ1n) is 16.1. The standard InChI is InChI=1S/C35H52N2O9/c1-35(2,3)46-34(40)26-11-7-12-29(23-26)44-22-8-13-28(14-18-37-16-9-15-36(19-20-37)17-10-21-38)45-33(39)27-24-30(41-4)32(43-6)31(25-27)42-5/h7,11-12,23-25,28,38H,8-10,13-22H2,1-6H3. The summed E-state index contributed by atoms with van der Waals surface area (Å²) >= 11 is 0. The second-order valence-corrected chi connectivity index (χ2v) is 12.4. The van der Waals surface area contributed by atoms with Crippen molar-refractivity contribution in [2.45, 2.75) is 64.6 Å². The molecule has 11 nitrogen and oxygen atoms in total. The molecule has 1 atom stereocenters. The van der Waals surface area contributed by atoms with Crippen LogP contribution in [0.4, 0.5) is 0 Å². The second-order valence-electron chi connectivity index (χ2n) is 12.4. The molecule has 0 aromatic heterocycles. The fraction of sp³-hybridized carbons (Fsp3) is 0.600. The Labute approximate surface area is 273 Å². The lowest BCUT2D eigenvalue weighted by Crippen LogP contribution is -2.34. The number of esters is 2. The van der Waals surface area contributed by atoms with E-state index in [9.17, 15) is 14.7 Å². The summed E-state index contributed by atoms with van der Waals surface area (Å²) in [7, 11) is 4.52. The number of aliphatic hydroxyl groups is 1. The van der Waals surface area contributed by atoms with Crippen molar-refractivity contribution in [1.29, 1.82) is 0 Å². The highest BCUT2D eigenvalue weighted by Crippen LogP contribution is 2.38. The lowest BCUT2D eigenvalue weighted by molar-refractivity contribution is 0.00686. The lowest BCUT2D eigenvalue weighted by atomic mass is 10.1. The fourth-order valence-electron chi connectivity index (χ4n) is 5.32. The van der Waals surface area contributed by atoms with Gasteiger partial charge < -0.3 is 43.3 Å². The number of benzene rings is 2. The summed E-state index contributed by atoms with van der Waals surface area (Å²) in [4.78, 5) is 30.7. The number of rotatable bonds is 17. The van der Waals surface area contributed by atoms with E-state index in [1.54, 1.807) is 36.4 Å². The van der Waals surface area contributed by atoms with Crippen molar-refractivity contribution in [3.8, 4) is 23.0 Å². The van der Waals surface area contributed by atoms with Gasteiger partial charge in [-0.15, -0.1) is 0 Å². The van der Waals surface area contributed by atoms with Crippen molar-refractivity contribution >= 4 is 11.9 Å². The first-order chi connectivity index (χ1) is 22.1. The van der Waals surface area contributed by atoms with Crippen LogP contribution in [-0.2, 0) is 9.47 Å². The molecule has 0 saturated carbocycles. The third-order valence-corrected chi connectivity index (χ3v) is 7.66. The number of carbonyl (C=O) groups is 2. The Balaban J connectivity index is 1.65. The molecule has 11 heteroatoms. The minimum absolute atomic E-state index is 0.206. The number of hydrogen-bond donors (Lipinski definition) is 1. The molecule has 2 aromatic rings. The van der Waals surface area contributed by atoms with E-state index in [0.29, 0.717) is 60.0 Å². The molecular weight excluding hydrogens is 592 g/mol. The van der Waals surface area contributed by atoms with E-state index in [1.165, 1.54) is 21.3 Å². The van der Waals surface area contributed by atoms with Gasteiger partial charge in [-0.05, 0) is 96.3 Å². The van der Waals surface area contributed by atoms with Gasteiger partial charge in [-0.1, -0.05) is 6.07 Å².